The number of anilines is 1. The standard InChI is InChI=1S/C12H14F3N3O/c13-7-5-9(14)11(15)10(6-7)17-8-1-3-18(4-2-8)12(16)19/h5-6,8,17H,1-4H2,(H2,16,19). The first kappa shape index (κ1) is 13.5. The van der Waals surface area contributed by atoms with Crippen LogP contribution in [0.2, 0.25) is 0 Å². The van der Waals surface area contributed by atoms with Crippen molar-refractivity contribution < 1.29 is 18.0 Å². The summed E-state index contributed by atoms with van der Waals surface area (Å²) < 4.78 is 39.5. The summed E-state index contributed by atoms with van der Waals surface area (Å²) in [5, 5.41) is 2.76. The molecule has 1 aromatic rings. The van der Waals surface area contributed by atoms with Crippen LogP contribution in [-0.4, -0.2) is 30.1 Å². The van der Waals surface area contributed by atoms with Crippen molar-refractivity contribution in [3.8, 4) is 0 Å². The minimum atomic E-state index is -1.22. The van der Waals surface area contributed by atoms with E-state index in [2.05, 4.69) is 5.32 Å². The van der Waals surface area contributed by atoms with Gasteiger partial charge in [0.25, 0.3) is 0 Å². The highest BCUT2D eigenvalue weighted by Gasteiger charge is 2.22. The van der Waals surface area contributed by atoms with E-state index in [-0.39, 0.29) is 11.7 Å². The molecule has 0 bridgehead atoms. The van der Waals surface area contributed by atoms with Crippen molar-refractivity contribution >= 4 is 11.7 Å². The van der Waals surface area contributed by atoms with E-state index in [4.69, 9.17) is 5.73 Å². The Kier molecular flexibility index (Phi) is 3.82. The highest BCUT2D eigenvalue weighted by atomic mass is 19.2. The van der Waals surface area contributed by atoms with Gasteiger partial charge in [0.1, 0.15) is 5.82 Å². The highest BCUT2D eigenvalue weighted by Crippen LogP contribution is 2.22. The van der Waals surface area contributed by atoms with Gasteiger partial charge in [0.2, 0.25) is 0 Å². The fourth-order valence-electron chi connectivity index (χ4n) is 2.13. The number of rotatable bonds is 2. The summed E-state index contributed by atoms with van der Waals surface area (Å²) in [6.07, 6.45) is 1.08. The Labute approximate surface area is 108 Å². The van der Waals surface area contributed by atoms with Crippen molar-refractivity contribution in [1.29, 1.82) is 0 Å². The summed E-state index contributed by atoms with van der Waals surface area (Å²) in [6, 6.07) is 0.766. The van der Waals surface area contributed by atoms with Crippen LogP contribution < -0.4 is 11.1 Å². The summed E-state index contributed by atoms with van der Waals surface area (Å²) >= 11 is 0. The largest absolute Gasteiger partial charge is 0.380 e. The maximum atomic E-state index is 13.5. The summed E-state index contributed by atoms with van der Waals surface area (Å²) in [5.41, 5.74) is 4.94. The summed E-state index contributed by atoms with van der Waals surface area (Å²) in [5.74, 6) is -3.16. The minimum absolute atomic E-state index is 0.147. The van der Waals surface area contributed by atoms with Crippen molar-refractivity contribution in [1.82, 2.24) is 4.90 Å². The Balaban J connectivity index is 2.01. The van der Waals surface area contributed by atoms with E-state index in [9.17, 15) is 18.0 Å². The molecule has 4 nitrogen and oxygen atoms in total. The fourth-order valence-corrected chi connectivity index (χ4v) is 2.13. The first-order chi connectivity index (χ1) is 8.97. The molecule has 0 saturated carbocycles. The summed E-state index contributed by atoms with van der Waals surface area (Å²) in [7, 11) is 0. The van der Waals surface area contributed by atoms with Crippen LogP contribution >= 0.6 is 0 Å². The Morgan fingerprint density at radius 2 is 1.89 bits per heavy atom. The van der Waals surface area contributed by atoms with Crippen molar-refractivity contribution in [2.75, 3.05) is 18.4 Å². The minimum Gasteiger partial charge on any atom is -0.380 e. The van der Waals surface area contributed by atoms with Gasteiger partial charge in [-0.15, -0.1) is 0 Å². The molecule has 0 unspecified atom stereocenters. The molecule has 1 fully saturated rings. The number of hydrogen-bond donors (Lipinski definition) is 2. The Morgan fingerprint density at radius 3 is 2.47 bits per heavy atom. The van der Waals surface area contributed by atoms with Crippen LogP contribution in [0.15, 0.2) is 12.1 Å². The Morgan fingerprint density at radius 1 is 1.26 bits per heavy atom. The van der Waals surface area contributed by atoms with Crippen LogP contribution in [0.4, 0.5) is 23.7 Å². The lowest BCUT2D eigenvalue weighted by Crippen LogP contribution is -2.44. The molecule has 0 aliphatic carbocycles. The van der Waals surface area contributed by atoms with Crippen molar-refractivity contribution in [2.24, 2.45) is 5.73 Å². The van der Waals surface area contributed by atoms with E-state index >= 15 is 0 Å². The summed E-state index contributed by atoms with van der Waals surface area (Å²) in [4.78, 5) is 12.4. The first-order valence-corrected chi connectivity index (χ1v) is 5.93. The highest BCUT2D eigenvalue weighted by molar-refractivity contribution is 5.72. The number of piperidine rings is 1. The Hall–Kier alpha value is -1.92. The number of primary amides is 1. The van der Waals surface area contributed by atoms with Gasteiger partial charge in [0.05, 0.1) is 5.69 Å². The van der Waals surface area contributed by atoms with Crippen LogP contribution in [0.5, 0.6) is 0 Å². The first-order valence-electron chi connectivity index (χ1n) is 5.93. The second kappa shape index (κ2) is 5.38. The van der Waals surface area contributed by atoms with Gasteiger partial charge >= 0.3 is 6.03 Å². The maximum Gasteiger partial charge on any atom is 0.314 e. The second-order valence-electron chi connectivity index (χ2n) is 4.49. The zero-order valence-corrected chi connectivity index (χ0v) is 10.1. The molecule has 1 aliphatic rings. The number of nitrogens with zero attached hydrogens (tertiary/aromatic N) is 1. The molecule has 104 valence electrons. The molecule has 3 N–H and O–H groups in total. The molecule has 0 atom stereocenters. The molecule has 1 heterocycles. The zero-order chi connectivity index (χ0) is 14.0. The number of carbonyl (C=O) groups excluding carboxylic acids is 1. The molecular formula is C12H14F3N3O. The normalized spacial score (nSPS) is 16.5. The van der Waals surface area contributed by atoms with Crippen molar-refractivity contribution in [3.63, 3.8) is 0 Å². The SMILES string of the molecule is NC(=O)N1CCC(Nc2cc(F)cc(F)c2F)CC1. The van der Waals surface area contributed by atoms with Gasteiger partial charge in [-0.3, -0.25) is 0 Å². The molecule has 19 heavy (non-hydrogen) atoms. The van der Waals surface area contributed by atoms with Crippen LogP contribution in [0.3, 0.4) is 0 Å². The third kappa shape index (κ3) is 3.10. The zero-order valence-electron chi connectivity index (χ0n) is 10.1. The number of urea groups is 1. The lowest BCUT2D eigenvalue weighted by Gasteiger charge is -2.31. The van der Waals surface area contributed by atoms with E-state index < -0.39 is 23.5 Å². The smallest absolute Gasteiger partial charge is 0.314 e. The van der Waals surface area contributed by atoms with Crippen LogP contribution in [0, 0.1) is 17.5 Å². The third-order valence-corrected chi connectivity index (χ3v) is 3.16. The van der Waals surface area contributed by atoms with Crippen LogP contribution in [-0.2, 0) is 0 Å². The lowest BCUT2D eigenvalue weighted by atomic mass is 10.0. The average Bonchev–Trinajstić information content (AvgIpc) is 2.36. The second-order valence-corrected chi connectivity index (χ2v) is 4.49. The molecule has 1 aliphatic heterocycles. The van der Waals surface area contributed by atoms with Gasteiger partial charge in [0, 0.05) is 31.3 Å². The van der Waals surface area contributed by atoms with Gasteiger partial charge in [-0.2, -0.15) is 0 Å². The van der Waals surface area contributed by atoms with Gasteiger partial charge in [0.15, 0.2) is 11.6 Å². The average molecular weight is 273 g/mol. The van der Waals surface area contributed by atoms with Gasteiger partial charge in [-0.25, -0.2) is 18.0 Å². The lowest BCUT2D eigenvalue weighted by molar-refractivity contribution is 0.193. The topological polar surface area (TPSA) is 58.4 Å². The number of carbonyl (C=O) groups is 1. The van der Waals surface area contributed by atoms with E-state index in [1.54, 1.807) is 0 Å². The van der Waals surface area contributed by atoms with E-state index in [0.717, 1.165) is 6.07 Å². The quantitative estimate of drug-likeness (QED) is 0.810. The molecule has 1 aromatic carbocycles. The van der Waals surface area contributed by atoms with Gasteiger partial charge < -0.3 is 16.0 Å². The molecule has 0 aromatic heterocycles. The molecule has 1 saturated heterocycles. The van der Waals surface area contributed by atoms with Crippen LogP contribution in [0.1, 0.15) is 12.8 Å². The Bertz CT molecular complexity index is 487. The van der Waals surface area contributed by atoms with Crippen LogP contribution in [0.25, 0.3) is 0 Å². The predicted octanol–water partition coefficient (Wildman–Crippen LogP) is 2.06. The maximum absolute atomic E-state index is 13.5. The van der Waals surface area contributed by atoms with E-state index in [1.807, 2.05) is 0 Å². The number of benzene rings is 1. The fraction of sp³-hybridized carbons (Fsp3) is 0.417. The third-order valence-electron chi connectivity index (χ3n) is 3.16. The van der Waals surface area contributed by atoms with E-state index in [1.165, 1.54) is 4.90 Å². The summed E-state index contributed by atoms with van der Waals surface area (Å²) in [6.45, 7) is 0.874. The number of halogens is 3. The number of hydrogen-bond acceptors (Lipinski definition) is 2. The van der Waals surface area contributed by atoms with E-state index in [0.29, 0.717) is 32.0 Å². The van der Waals surface area contributed by atoms with Crippen molar-refractivity contribution in [2.45, 2.75) is 18.9 Å². The number of likely N-dealkylation sites (tertiary alicyclic amines) is 1. The number of nitrogens with one attached hydrogen (secondary N) is 1. The molecule has 7 heteroatoms. The molecule has 0 spiro atoms. The molecule has 2 rings (SSSR count). The molecular weight excluding hydrogens is 259 g/mol. The number of nitrogens with two attached hydrogens (primary N) is 1. The monoisotopic (exact) mass is 273 g/mol. The van der Waals surface area contributed by atoms with Gasteiger partial charge in [-0.1, -0.05) is 0 Å². The predicted molar refractivity (Wildman–Crippen MR) is 64.1 cm³/mol. The van der Waals surface area contributed by atoms with Crippen molar-refractivity contribution in [3.05, 3.63) is 29.6 Å². The molecule has 2 amide bonds. The molecule has 0 radical (unpaired) electrons. The van der Waals surface area contributed by atoms with Gasteiger partial charge in [-0.05, 0) is 12.8 Å². The number of amides is 2.